The van der Waals surface area contributed by atoms with Crippen LogP contribution in [0, 0.1) is 5.41 Å². The summed E-state index contributed by atoms with van der Waals surface area (Å²) in [5, 5.41) is 0.629. The van der Waals surface area contributed by atoms with Crippen LogP contribution in [-0.2, 0) is 10.0 Å². The smallest absolute Gasteiger partial charge is 0.241 e. The molecule has 1 aromatic heterocycles. The molecule has 21 heavy (non-hydrogen) atoms. The predicted molar refractivity (Wildman–Crippen MR) is 84.4 cm³/mol. The number of fused-ring (bicyclic) bond motifs is 1. The Labute approximate surface area is 125 Å². The van der Waals surface area contributed by atoms with E-state index >= 15 is 0 Å². The lowest BCUT2D eigenvalue weighted by Crippen LogP contribution is -2.35. The summed E-state index contributed by atoms with van der Waals surface area (Å²) in [4.78, 5) is 4.45. The number of aromatic nitrogens is 1. The quantitative estimate of drug-likeness (QED) is 0.853. The van der Waals surface area contributed by atoms with Gasteiger partial charge in [-0.2, -0.15) is 0 Å². The summed E-state index contributed by atoms with van der Waals surface area (Å²) >= 11 is 0. The van der Waals surface area contributed by atoms with Gasteiger partial charge in [0.15, 0.2) is 0 Å². The van der Waals surface area contributed by atoms with Gasteiger partial charge in [-0.25, -0.2) is 13.1 Å². The maximum Gasteiger partial charge on any atom is 0.241 e. The van der Waals surface area contributed by atoms with Crippen molar-refractivity contribution < 1.29 is 8.42 Å². The SMILES string of the molecule is CC(C)(CCN)CNS(=O)(=O)c1cccc2ncccc12. The summed E-state index contributed by atoms with van der Waals surface area (Å²) in [7, 11) is -3.57. The highest BCUT2D eigenvalue weighted by molar-refractivity contribution is 7.89. The number of nitrogens with two attached hydrogens (primary N) is 1. The zero-order valence-corrected chi connectivity index (χ0v) is 13.2. The van der Waals surface area contributed by atoms with Crippen LogP contribution < -0.4 is 10.5 Å². The molecular weight excluding hydrogens is 286 g/mol. The Morgan fingerprint density at radius 1 is 1.24 bits per heavy atom. The summed E-state index contributed by atoms with van der Waals surface area (Å²) in [6, 6.07) is 8.60. The molecule has 5 nitrogen and oxygen atoms in total. The van der Waals surface area contributed by atoms with E-state index in [2.05, 4.69) is 9.71 Å². The minimum absolute atomic E-state index is 0.176. The molecule has 1 aromatic carbocycles. The van der Waals surface area contributed by atoms with Crippen LogP contribution >= 0.6 is 0 Å². The van der Waals surface area contributed by atoms with Crippen LogP contribution in [0.3, 0.4) is 0 Å². The molecule has 1 heterocycles. The van der Waals surface area contributed by atoms with Crippen molar-refractivity contribution in [3.05, 3.63) is 36.5 Å². The van der Waals surface area contributed by atoms with Gasteiger partial charge in [-0.15, -0.1) is 0 Å². The molecule has 0 saturated carbocycles. The van der Waals surface area contributed by atoms with Gasteiger partial charge in [0.1, 0.15) is 0 Å². The number of pyridine rings is 1. The van der Waals surface area contributed by atoms with Crippen molar-refractivity contribution in [2.45, 2.75) is 25.2 Å². The van der Waals surface area contributed by atoms with Crippen LogP contribution in [0.25, 0.3) is 10.9 Å². The number of hydrogen-bond donors (Lipinski definition) is 2. The molecular formula is C15H21N3O2S. The first kappa shape index (κ1) is 15.9. The van der Waals surface area contributed by atoms with Gasteiger partial charge in [0, 0.05) is 18.1 Å². The minimum atomic E-state index is -3.57. The molecule has 2 rings (SSSR count). The predicted octanol–water partition coefficient (Wildman–Crippen LogP) is 1.89. The highest BCUT2D eigenvalue weighted by Gasteiger charge is 2.23. The molecule has 0 aliphatic rings. The number of nitrogens with one attached hydrogen (secondary N) is 1. The second-order valence-corrected chi connectivity index (χ2v) is 7.59. The van der Waals surface area contributed by atoms with Gasteiger partial charge in [-0.05, 0) is 42.6 Å². The molecule has 0 aliphatic heterocycles. The van der Waals surface area contributed by atoms with Crippen molar-refractivity contribution in [3.63, 3.8) is 0 Å². The van der Waals surface area contributed by atoms with E-state index in [-0.39, 0.29) is 10.3 Å². The molecule has 0 fully saturated rings. The van der Waals surface area contributed by atoms with Gasteiger partial charge in [-0.1, -0.05) is 19.9 Å². The van der Waals surface area contributed by atoms with E-state index in [4.69, 9.17) is 5.73 Å². The highest BCUT2D eigenvalue weighted by Crippen LogP contribution is 2.23. The Morgan fingerprint density at radius 2 is 2.00 bits per heavy atom. The lowest BCUT2D eigenvalue weighted by atomic mass is 9.90. The van der Waals surface area contributed by atoms with E-state index in [1.54, 1.807) is 36.5 Å². The summed E-state index contributed by atoms with van der Waals surface area (Å²) < 4.78 is 27.7. The second-order valence-electron chi connectivity index (χ2n) is 5.85. The van der Waals surface area contributed by atoms with Crippen LogP contribution in [0.2, 0.25) is 0 Å². The van der Waals surface area contributed by atoms with Crippen molar-refractivity contribution in [3.8, 4) is 0 Å². The lowest BCUT2D eigenvalue weighted by Gasteiger charge is -2.24. The zero-order valence-electron chi connectivity index (χ0n) is 12.3. The summed E-state index contributed by atoms with van der Waals surface area (Å²) in [6.45, 7) is 4.87. The first-order chi connectivity index (χ1) is 9.86. The lowest BCUT2D eigenvalue weighted by molar-refractivity contribution is 0.340. The first-order valence-electron chi connectivity index (χ1n) is 6.89. The van der Waals surface area contributed by atoms with E-state index < -0.39 is 10.0 Å². The molecule has 2 aromatic rings. The van der Waals surface area contributed by atoms with Crippen molar-refractivity contribution in [2.24, 2.45) is 11.1 Å². The Balaban J connectivity index is 2.30. The molecule has 0 aliphatic carbocycles. The number of benzene rings is 1. The van der Waals surface area contributed by atoms with Crippen LogP contribution in [0.15, 0.2) is 41.4 Å². The van der Waals surface area contributed by atoms with Gasteiger partial charge in [0.2, 0.25) is 10.0 Å². The average Bonchev–Trinajstić information content (AvgIpc) is 2.45. The van der Waals surface area contributed by atoms with E-state index in [0.29, 0.717) is 24.0 Å². The van der Waals surface area contributed by atoms with Crippen LogP contribution in [-0.4, -0.2) is 26.5 Å². The normalized spacial score (nSPS) is 12.7. The number of hydrogen-bond acceptors (Lipinski definition) is 4. The molecule has 0 saturated heterocycles. The van der Waals surface area contributed by atoms with Crippen molar-refractivity contribution >= 4 is 20.9 Å². The fourth-order valence-electron chi connectivity index (χ4n) is 2.16. The summed E-state index contributed by atoms with van der Waals surface area (Å²) in [5.74, 6) is 0. The third-order valence-electron chi connectivity index (χ3n) is 3.46. The fourth-order valence-corrected chi connectivity index (χ4v) is 3.61. The fraction of sp³-hybridized carbons (Fsp3) is 0.400. The van der Waals surface area contributed by atoms with Crippen LogP contribution in [0.4, 0.5) is 0 Å². The van der Waals surface area contributed by atoms with Crippen molar-refractivity contribution in [2.75, 3.05) is 13.1 Å². The molecule has 0 bridgehead atoms. The Bertz CT molecular complexity index is 721. The van der Waals surface area contributed by atoms with Gasteiger partial charge in [0.25, 0.3) is 0 Å². The van der Waals surface area contributed by atoms with E-state index in [9.17, 15) is 8.42 Å². The first-order valence-corrected chi connectivity index (χ1v) is 8.37. The highest BCUT2D eigenvalue weighted by atomic mass is 32.2. The third-order valence-corrected chi connectivity index (χ3v) is 4.92. The Kier molecular flexibility index (Phi) is 4.61. The summed E-state index contributed by atoms with van der Waals surface area (Å²) in [5.41, 5.74) is 6.05. The minimum Gasteiger partial charge on any atom is -0.330 e. The van der Waals surface area contributed by atoms with E-state index in [0.717, 1.165) is 6.42 Å². The molecule has 0 spiro atoms. The molecule has 0 unspecified atom stereocenters. The maximum atomic E-state index is 12.5. The van der Waals surface area contributed by atoms with E-state index in [1.807, 2.05) is 13.8 Å². The largest absolute Gasteiger partial charge is 0.330 e. The molecule has 3 N–H and O–H groups in total. The third kappa shape index (κ3) is 3.78. The molecule has 0 amide bonds. The Hall–Kier alpha value is -1.50. The van der Waals surface area contributed by atoms with Crippen LogP contribution in [0.1, 0.15) is 20.3 Å². The van der Waals surface area contributed by atoms with Gasteiger partial charge in [-0.3, -0.25) is 4.98 Å². The standard InChI is InChI=1S/C15H21N3O2S/c1-15(2,8-9-16)11-18-21(19,20)14-7-3-6-13-12(14)5-4-10-17-13/h3-7,10,18H,8-9,11,16H2,1-2H3. The number of rotatable bonds is 6. The van der Waals surface area contributed by atoms with Crippen LogP contribution in [0.5, 0.6) is 0 Å². The Morgan fingerprint density at radius 3 is 2.71 bits per heavy atom. The van der Waals surface area contributed by atoms with Gasteiger partial charge in [0.05, 0.1) is 10.4 Å². The molecule has 0 radical (unpaired) electrons. The topological polar surface area (TPSA) is 85.1 Å². The average molecular weight is 307 g/mol. The molecule has 0 atom stereocenters. The van der Waals surface area contributed by atoms with Gasteiger partial charge >= 0.3 is 0 Å². The second kappa shape index (κ2) is 6.09. The zero-order chi connectivity index (χ0) is 15.5. The molecule has 114 valence electrons. The summed E-state index contributed by atoms with van der Waals surface area (Å²) in [6.07, 6.45) is 2.41. The maximum absolute atomic E-state index is 12.5. The van der Waals surface area contributed by atoms with Gasteiger partial charge < -0.3 is 5.73 Å². The van der Waals surface area contributed by atoms with E-state index in [1.165, 1.54) is 0 Å². The monoisotopic (exact) mass is 307 g/mol. The number of nitrogens with zero attached hydrogens (tertiary/aromatic N) is 1. The van der Waals surface area contributed by atoms with Crippen molar-refractivity contribution in [1.29, 1.82) is 0 Å². The van der Waals surface area contributed by atoms with Crippen molar-refractivity contribution in [1.82, 2.24) is 9.71 Å². The number of sulfonamides is 1. The molecule has 6 heteroatoms.